The largest absolute Gasteiger partial charge is 0.756 e. The lowest BCUT2D eigenvalue weighted by Crippen LogP contribution is -2.47. The van der Waals surface area contributed by atoms with Gasteiger partial charge in [-0.3, -0.25) is 14.2 Å². The average Bonchev–Trinajstić information content (AvgIpc) is 3.08. The van der Waals surface area contributed by atoms with Crippen molar-refractivity contribution >= 4 is 19.7 Å². The molecule has 91 heavy (non-hydrogen) atoms. The van der Waals surface area contributed by atoms with Gasteiger partial charge in [-0.05, 0) is 115 Å². The fourth-order valence-electron chi connectivity index (χ4n) is 11.0. The number of ether oxygens (including phenoxy) is 1. The molecular weight excluding hydrogens is 1140 g/mol. The molecule has 9 nitrogen and oxygen atoms in total. The van der Waals surface area contributed by atoms with E-state index in [0.717, 1.165) is 96.3 Å². The number of hydrogen-bond donors (Lipinski definition) is 1. The number of phosphoric acid groups is 1. The molecule has 0 saturated heterocycles. The summed E-state index contributed by atoms with van der Waals surface area (Å²) in [5, 5.41) is 3.05. The molecule has 0 fully saturated rings. The van der Waals surface area contributed by atoms with E-state index in [1.54, 1.807) is 0 Å². The predicted octanol–water partition coefficient (Wildman–Crippen LogP) is 24.4. The van der Waals surface area contributed by atoms with Gasteiger partial charge in [-0.2, -0.15) is 0 Å². The molecule has 0 aromatic carbocycles. The number of amides is 1. The number of allylic oxidation sites excluding steroid dienone is 15. The van der Waals surface area contributed by atoms with E-state index in [1.807, 2.05) is 33.3 Å². The van der Waals surface area contributed by atoms with E-state index in [0.29, 0.717) is 17.4 Å². The van der Waals surface area contributed by atoms with Gasteiger partial charge in [-0.25, -0.2) is 0 Å². The lowest BCUT2D eigenvalue weighted by Gasteiger charge is -2.30. The number of unbranched alkanes of at least 4 members (excludes halogenated alkanes) is 40. The predicted molar refractivity (Wildman–Crippen MR) is 394 cm³/mol. The second-order valence-electron chi connectivity index (χ2n) is 27.1. The Morgan fingerprint density at radius 1 is 0.385 bits per heavy atom. The van der Waals surface area contributed by atoms with Crippen LogP contribution in [-0.4, -0.2) is 69.4 Å². The number of hydrogen-bond acceptors (Lipinski definition) is 7. The van der Waals surface area contributed by atoms with E-state index in [4.69, 9.17) is 13.8 Å². The third kappa shape index (κ3) is 71.1. The van der Waals surface area contributed by atoms with Crippen LogP contribution in [0.4, 0.5) is 0 Å². The molecule has 0 aliphatic carbocycles. The van der Waals surface area contributed by atoms with E-state index in [2.05, 4.69) is 111 Å². The molecule has 528 valence electrons. The normalized spacial score (nSPS) is 14.0. The van der Waals surface area contributed by atoms with Crippen LogP contribution in [0.2, 0.25) is 0 Å². The average molecular weight is 1290 g/mol. The minimum absolute atomic E-state index is 0.0255. The molecule has 0 radical (unpaired) electrons. The van der Waals surface area contributed by atoms with Crippen molar-refractivity contribution in [2.24, 2.45) is 0 Å². The zero-order chi connectivity index (χ0) is 66.3. The Morgan fingerprint density at radius 2 is 0.670 bits per heavy atom. The summed E-state index contributed by atoms with van der Waals surface area (Å²) in [6, 6.07) is -0.896. The smallest absolute Gasteiger partial charge is 0.306 e. The van der Waals surface area contributed by atoms with Crippen LogP contribution >= 0.6 is 7.82 Å². The van der Waals surface area contributed by atoms with Gasteiger partial charge in [0.1, 0.15) is 19.3 Å². The van der Waals surface area contributed by atoms with Gasteiger partial charge in [0.2, 0.25) is 5.91 Å². The van der Waals surface area contributed by atoms with Gasteiger partial charge in [0.25, 0.3) is 7.82 Å². The molecule has 3 unspecified atom stereocenters. The quantitative estimate of drug-likeness (QED) is 0.0212. The number of rotatable bonds is 70. The van der Waals surface area contributed by atoms with Gasteiger partial charge in [0, 0.05) is 12.8 Å². The van der Waals surface area contributed by atoms with Gasteiger partial charge in [-0.15, -0.1) is 0 Å². The number of quaternary nitrogens is 1. The van der Waals surface area contributed by atoms with Crippen LogP contribution < -0.4 is 10.2 Å². The second-order valence-corrected chi connectivity index (χ2v) is 28.6. The molecule has 0 aromatic heterocycles. The number of carbonyl (C=O) groups excluding carboxylic acids is 2. The first-order valence-corrected chi connectivity index (χ1v) is 40.0. The summed E-state index contributed by atoms with van der Waals surface area (Å²) in [7, 11) is 1.18. The fourth-order valence-corrected chi connectivity index (χ4v) is 11.8. The first kappa shape index (κ1) is 87.9. The van der Waals surface area contributed by atoms with Crippen molar-refractivity contribution in [1.82, 2.24) is 5.32 Å². The first-order chi connectivity index (χ1) is 44.4. The van der Waals surface area contributed by atoms with Crippen LogP contribution in [0, 0.1) is 0 Å². The molecular formula is C81H147N2O7P. The van der Waals surface area contributed by atoms with E-state index in [9.17, 15) is 19.0 Å². The zero-order valence-corrected chi connectivity index (χ0v) is 61.4. The van der Waals surface area contributed by atoms with Crippen molar-refractivity contribution in [2.45, 2.75) is 367 Å². The second kappa shape index (κ2) is 69.8. The first-order valence-electron chi connectivity index (χ1n) is 38.5. The maximum absolute atomic E-state index is 13.6. The molecule has 0 rings (SSSR count). The summed E-state index contributed by atoms with van der Waals surface area (Å²) in [6.07, 6.45) is 95.4. The van der Waals surface area contributed by atoms with Crippen molar-refractivity contribution in [3.63, 3.8) is 0 Å². The van der Waals surface area contributed by atoms with Crippen LogP contribution in [0.15, 0.2) is 97.2 Å². The highest BCUT2D eigenvalue weighted by Gasteiger charge is 2.27. The number of esters is 1. The third-order valence-electron chi connectivity index (χ3n) is 17.0. The molecule has 0 aromatic rings. The number of likely N-dealkylation sites (N-methyl/N-ethyl adjacent to an activating group) is 1. The van der Waals surface area contributed by atoms with E-state index < -0.39 is 26.6 Å². The number of phosphoric ester groups is 1. The fraction of sp³-hybridized carbons (Fsp3) is 0.778. The Labute approximate surface area is 564 Å². The van der Waals surface area contributed by atoms with Crippen molar-refractivity contribution in [3.05, 3.63) is 97.2 Å². The van der Waals surface area contributed by atoms with E-state index in [1.165, 1.54) is 225 Å². The van der Waals surface area contributed by atoms with Crippen LogP contribution in [-0.2, 0) is 27.9 Å². The minimum Gasteiger partial charge on any atom is -0.756 e. The summed E-state index contributed by atoms with van der Waals surface area (Å²) in [5.74, 6) is -0.538. The molecule has 0 aliphatic rings. The van der Waals surface area contributed by atoms with Crippen LogP contribution in [0.3, 0.4) is 0 Å². The topological polar surface area (TPSA) is 114 Å². The standard InChI is InChI=1S/C81H147N2O7P/c1-7-10-13-16-19-22-25-27-29-31-33-35-37-39-41-43-45-47-49-51-53-55-58-61-64-67-70-73-80(84)82-78(77-89-91(86,87)88-76-75-83(4,5)6)79(72-69-66-63-60-57-24-21-18-15-12-9-3)90-81(85)74-71-68-65-62-59-56-54-52-50-48-46-44-42-40-38-36-34-32-30-28-26-23-20-17-14-11-8-2/h19-20,22-23,27-30,33-36,39,41,69,72,78-79H,7-18,21,24-26,31-32,37-38,40,42-68,70-71,73-77H2,1-6H3,(H-,82,84,86,87)/b22-19-,23-20-,29-27-,30-28-,35-33-,36-34-,41-39-,72-69+. The SMILES string of the molecule is CCCCC/C=C\C/C=C\C/C=C\C/C=C\CCCCCCCCCCCCCC(=O)NC(COP(=O)([O-])OCC[N+](C)(C)C)C(/C=C/CCCCCCCCCCC)OC(=O)CCCCCCCCCCCCCCCC/C=C\C/C=C\C/C=C\CCCCC. The van der Waals surface area contributed by atoms with Gasteiger partial charge in [-0.1, -0.05) is 324 Å². The maximum Gasteiger partial charge on any atom is 0.306 e. The van der Waals surface area contributed by atoms with E-state index in [-0.39, 0.29) is 24.9 Å². The molecule has 3 atom stereocenters. The summed E-state index contributed by atoms with van der Waals surface area (Å²) >= 11 is 0. The minimum atomic E-state index is -4.71. The van der Waals surface area contributed by atoms with Crippen molar-refractivity contribution in [1.29, 1.82) is 0 Å². The molecule has 0 spiro atoms. The Morgan fingerprint density at radius 3 is 1.02 bits per heavy atom. The number of nitrogens with one attached hydrogen (secondary N) is 1. The lowest BCUT2D eigenvalue weighted by molar-refractivity contribution is -0.870. The van der Waals surface area contributed by atoms with Gasteiger partial charge >= 0.3 is 5.97 Å². The molecule has 1 amide bonds. The van der Waals surface area contributed by atoms with E-state index >= 15 is 0 Å². The van der Waals surface area contributed by atoms with Gasteiger partial charge in [0.05, 0.1) is 33.8 Å². The molecule has 0 bridgehead atoms. The van der Waals surface area contributed by atoms with Gasteiger partial charge in [0.15, 0.2) is 0 Å². The Hall–Kier alpha value is -3.07. The highest BCUT2D eigenvalue weighted by atomic mass is 31.2. The van der Waals surface area contributed by atoms with Crippen molar-refractivity contribution < 1.29 is 37.3 Å². The highest BCUT2D eigenvalue weighted by molar-refractivity contribution is 7.45. The third-order valence-corrected chi connectivity index (χ3v) is 18.0. The Kier molecular flexibility index (Phi) is 67.4. The van der Waals surface area contributed by atoms with Crippen LogP contribution in [0.1, 0.15) is 355 Å². The van der Waals surface area contributed by atoms with Gasteiger partial charge < -0.3 is 28.5 Å². The Balaban J connectivity index is 4.93. The summed E-state index contributed by atoms with van der Waals surface area (Å²) in [4.78, 5) is 40.3. The number of nitrogens with zero attached hydrogens (tertiary/aromatic N) is 1. The molecule has 0 heterocycles. The van der Waals surface area contributed by atoms with Crippen LogP contribution in [0.25, 0.3) is 0 Å². The summed E-state index contributed by atoms with van der Waals surface area (Å²) in [5.41, 5.74) is 0. The molecule has 0 aliphatic heterocycles. The lowest BCUT2D eigenvalue weighted by atomic mass is 10.0. The zero-order valence-electron chi connectivity index (χ0n) is 60.5. The molecule has 0 saturated carbocycles. The summed E-state index contributed by atoms with van der Waals surface area (Å²) in [6.45, 7) is 6.81. The summed E-state index contributed by atoms with van der Waals surface area (Å²) < 4.78 is 30.5. The maximum atomic E-state index is 13.6. The Bertz CT molecular complexity index is 1880. The van der Waals surface area contributed by atoms with Crippen molar-refractivity contribution in [3.8, 4) is 0 Å². The number of carbonyl (C=O) groups is 2. The molecule has 10 heteroatoms. The van der Waals surface area contributed by atoms with Crippen LogP contribution in [0.5, 0.6) is 0 Å². The molecule has 1 N–H and O–H groups in total. The monoisotopic (exact) mass is 1290 g/mol. The highest BCUT2D eigenvalue weighted by Crippen LogP contribution is 2.38. The van der Waals surface area contributed by atoms with Crippen molar-refractivity contribution in [2.75, 3.05) is 40.9 Å².